The normalized spacial score (nSPS) is 22.4. The number of rotatable bonds is 6. The van der Waals surface area contributed by atoms with Crippen LogP contribution in [0, 0.1) is 11.8 Å². The first-order valence-electron chi connectivity index (χ1n) is 11.4. The van der Waals surface area contributed by atoms with Gasteiger partial charge in [-0.25, -0.2) is 0 Å². The highest BCUT2D eigenvalue weighted by Crippen LogP contribution is 2.31. The standard InChI is InChI=1S/C24H36N2O/c27-24-11-9-22-18-21(8-10-23(22)25-24)14-17-26-15-12-20(13-16-26)7-6-19-4-2-1-3-5-19/h8,10,18-20H,1-7,9,11-17H2,(H,25,27). The molecule has 0 aromatic heterocycles. The highest BCUT2D eigenvalue weighted by atomic mass is 16.1. The fourth-order valence-electron chi connectivity index (χ4n) is 5.33. The van der Waals surface area contributed by atoms with Gasteiger partial charge in [0.1, 0.15) is 0 Å². The van der Waals surface area contributed by atoms with Gasteiger partial charge in [-0.15, -0.1) is 0 Å². The lowest BCUT2D eigenvalue weighted by Gasteiger charge is -2.33. The van der Waals surface area contributed by atoms with Crippen LogP contribution in [0.3, 0.4) is 0 Å². The molecule has 3 heteroatoms. The lowest BCUT2D eigenvalue weighted by molar-refractivity contribution is -0.116. The minimum Gasteiger partial charge on any atom is -0.326 e. The predicted octanol–water partition coefficient (Wildman–Crippen LogP) is 5.19. The Balaban J connectivity index is 1.17. The monoisotopic (exact) mass is 368 g/mol. The molecule has 4 rings (SSSR count). The highest BCUT2D eigenvalue weighted by Gasteiger charge is 2.21. The summed E-state index contributed by atoms with van der Waals surface area (Å²) in [7, 11) is 0. The summed E-state index contributed by atoms with van der Waals surface area (Å²) in [5.74, 6) is 2.18. The smallest absolute Gasteiger partial charge is 0.224 e. The van der Waals surface area contributed by atoms with Crippen molar-refractivity contribution in [2.45, 2.75) is 77.0 Å². The molecular formula is C24H36N2O. The van der Waals surface area contributed by atoms with E-state index in [2.05, 4.69) is 28.4 Å². The van der Waals surface area contributed by atoms with Crippen LogP contribution in [0.25, 0.3) is 0 Å². The zero-order chi connectivity index (χ0) is 18.5. The Hall–Kier alpha value is -1.35. The molecule has 2 aliphatic heterocycles. The number of carbonyl (C=O) groups is 1. The fraction of sp³-hybridized carbons (Fsp3) is 0.708. The molecule has 1 N–H and O–H groups in total. The van der Waals surface area contributed by atoms with Gasteiger partial charge in [-0.1, -0.05) is 57.1 Å². The Labute approximate surface area is 164 Å². The average molecular weight is 369 g/mol. The maximum atomic E-state index is 11.5. The van der Waals surface area contributed by atoms with Gasteiger partial charge in [0, 0.05) is 18.7 Å². The van der Waals surface area contributed by atoms with Crippen LogP contribution in [-0.4, -0.2) is 30.4 Å². The number of amides is 1. The zero-order valence-corrected chi connectivity index (χ0v) is 16.8. The number of hydrogen-bond acceptors (Lipinski definition) is 2. The Morgan fingerprint density at radius 3 is 2.44 bits per heavy atom. The van der Waals surface area contributed by atoms with E-state index in [1.807, 2.05) is 0 Å². The van der Waals surface area contributed by atoms with E-state index in [1.165, 1.54) is 88.5 Å². The van der Waals surface area contributed by atoms with E-state index in [1.54, 1.807) is 0 Å². The van der Waals surface area contributed by atoms with Crippen molar-refractivity contribution in [1.82, 2.24) is 4.90 Å². The van der Waals surface area contributed by atoms with Crippen LogP contribution in [0.2, 0.25) is 0 Å². The second-order valence-corrected chi connectivity index (χ2v) is 9.16. The number of fused-ring (bicyclic) bond motifs is 1. The summed E-state index contributed by atoms with van der Waals surface area (Å²) in [4.78, 5) is 14.2. The van der Waals surface area contributed by atoms with Gasteiger partial charge in [0.2, 0.25) is 5.91 Å². The summed E-state index contributed by atoms with van der Waals surface area (Å²) in [6.45, 7) is 3.76. The maximum absolute atomic E-state index is 11.5. The Bertz CT molecular complexity index is 627. The largest absolute Gasteiger partial charge is 0.326 e. The maximum Gasteiger partial charge on any atom is 0.224 e. The summed E-state index contributed by atoms with van der Waals surface area (Å²) in [6.07, 6.45) is 15.9. The van der Waals surface area contributed by atoms with Crippen LogP contribution >= 0.6 is 0 Å². The first-order valence-corrected chi connectivity index (χ1v) is 11.4. The molecule has 3 nitrogen and oxygen atoms in total. The van der Waals surface area contributed by atoms with Crippen molar-refractivity contribution in [3.63, 3.8) is 0 Å². The number of anilines is 1. The van der Waals surface area contributed by atoms with Crippen LogP contribution in [0.5, 0.6) is 0 Å². The van der Waals surface area contributed by atoms with E-state index in [0.717, 1.165) is 30.4 Å². The highest BCUT2D eigenvalue weighted by molar-refractivity contribution is 5.93. The van der Waals surface area contributed by atoms with Crippen molar-refractivity contribution >= 4 is 11.6 Å². The molecule has 1 saturated carbocycles. The summed E-state index contributed by atoms with van der Waals surface area (Å²) in [5, 5.41) is 2.98. The van der Waals surface area contributed by atoms with Gasteiger partial charge in [0.15, 0.2) is 0 Å². The molecule has 0 spiro atoms. The Morgan fingerprint density at radius 1 is 0.926 bits per heavy atom. The molecule has 0 radical (unpaired) electrons. The van der Waals surface area contributed by atoms with Gasteiger partial charge in [-0.2, -0.15) is 0 Å². The molecule has 1 aromatic carbocycles. The summed E-state index contributed by atoms with van der Waals surface area (Å²) < 4.78 is 0. The Kier molecular flexibility index (Phi) is 6.49. The molecule has 27 heavy (non-hydrogen) atoms. The first kappa shape index (κ1) is 19.0. The van der Waals surface area contributed by atoms with Gasteiger partial charge in [0.25, 0.3) is 0 Å². The zero-order valence-electron chi connectivity index (χ0n) is 16.8. The van der Waals surface area contributed by atoms with Crippen LogP contribution in [0.4, 0.5) is 5.69 Å². The number of hydrogen-bond donors (Lipinski definition) is 1. The number of likely N-dealkylation sites (tertiary alicyclic amines) is 1. The number of piperidine rings is 1. The van der Waals surface area contributed by atoms with Crippen molar-refractivity contribution in [3.05, 3.63) is 29.3 Å². The van der Waals surface area contributed by atoms with E-state index in [4.69, 9.17) is 0 Å². The molecule has 1 saturated heterocycles. The SMILES string of the molecule is O=C1CCc2cc(CCN3CCC(CCC4CCCCC4)CC3)ccc2N1. The first-order chi connectivity index (χ1) is 13.3. The van der Waals surface area contributed by atoms with Crippen molar-refractivity contribution in [2.24, 2.45) is 11.8 Å². The van der Waals surface area contributed by atoms with Gasteiger partial charge in [0.05, 0.1) is 0 Å². The Morgan fingerprint density at radius 2 is 1.67 bits per heavy atom. The molecule has 0 atom stereocenters. The van der Waals surface area contributed by atoms with Gasteiger partial charge in [-0.3, -0.25) is 4.79 Å². The number of nitrogens with zero attached hydrogens (tertiary/aromatic N) is 1. The molecular weight excluding hydrogens is 332 g/mol. The van der Waals surface area contributed by atoms with Gasteiger partial charge in [-0.05, 0) is 67.8 Å². The van der Waals surface area contributed by atoms with Crippen molar-refractivity contribution in [3.8, 4) is 0 Å². The lowest BCUT2D eigenvalue weighted by atomic mass is 9.82. The minimum absolute atomic E-state index is 0.154. The predicted molar refractivity (Wildman–Crippen MR) is 112 cm³/mol. The fourth-order valence-corrected chi connectivity index (χ4v) is 5.33. The average Bonchev–Trinajstić information content (AvgIpc) is 2.72. The molecule has 3 aliphatic rings. The number of benzene rings is 1. The molecule has 1 amide bonds. The van der Waals surface area contributed by atoms with Crippen LogP contribution in [0.1, 0.15) is 75.3 Å². The summed E-state index contributed by atoms with van der Waals surface area (Å²) in [5.41, 5.74) is 3.76. The van der Waals surface area contributed by atoms with Crippen LogP contribution in [-0.2, 0) is 17.6 Å². The molecule has 0 bridgehead atoms. The van der Waals surface area contributed by atoms with Crippen molar-refractivity contribution in [1.29, 1.82) is 0 Å². The van der Waals surface area contributed by atoms with Gasteiger partial charge >= 0.3 is 0 Å². The summed E-state index contributed by atoms with van der Waals surface area (Å²) >= 11 is 0. The van der Waals surface area contributed by atoms with Crippen LogP contribution < -0.4 is 5.32 Å². The molecule has 148 valence electrons. The van der Waals surface area contributed by atoms with Gasteiger partial charge < -0.3 is 10.2 Å². The summed E-state index contributed by atoms with van der Waals surface area (Å²) in [6, 6.07) is 6.60. The number of carbonyl (C=O) groups excluding carboxylic acids is 1. The third-order valence-corrected chi connectivity index (χ3v) is 7.20. The topological polar surface area (TPSA) is 32.3 Å². The minimum atomic E-state index is 0.154. The molecule has 1 aliphatic carbocycles. The number of nitrogens with one attached hydrogen (secondary N) is 1. The molecule has 2 fully saturated rings. The van der Waals surface area contributed by atoms with Crippen LogP contribution in [0.15, 0.2) is 18.2 Å². The van der Waals surface area contributed by atoms with E-state index in [9.17, 15) is 4.79 Å². The van der Waals surface area contributed by atoms with E-state index < -0.39 is 0 Å². The molecule has 2 heterocycles. The third kappa shape index (κ3) is 5.34. The van der Waals surface area contributed by atoms with E-state index in [-0.39, 0.29) is 5.91 Å². The molecule has 0 unspecified atom stereocenters. The second-order valence-electron chi connectivity index (χ2n) is 9.16. The van der Waals surface area contributed by atoms with Crippen molar-refractivity contribution in [2.75, 3.05) is 25.0 Å². The van der Waals surface area contributed by atoms with Crippen molar-refractivity contribution < 1.29 is 4.79 Å². The third-order valence-electron chi connectivity index (χ3n) is 7.20. The van der Waals surface area contributed by atoms with E-state index >= 15 is 0 Å². The second kappa shape index (κ2) is 9.23. The van der Waals surface area contributed by atoms with E-state index in [0.29, 0.717) is 6.42 Å². The lowest BCUT2D eigenvalue weighted by Crippen LogP contribution is -2.35. The quantitative estimate of drug-likeness (QED) is 0.750. The number of aryl methyl sites for hydroxylation is 1. The molecule has 1 aromatic rings.